The highest BCUT2D eigenvalue weighted by Crippen LogP contribution is 2.17. The molecule has 0 bridgehead atoms. The van der Waals surface area contributed by atoms with Gasteiger partial charge in [0.25, 0.3) is 0 Å². The molecule has 0 aromatic heterocycles. The molecule has 0 saturated carbocycles. The first-order valence-corrected chi connectivity index (χ1v) is 6.53. The maximum atomic E-state index is 11.8. The smallest absolute Gasteiger partial charge is 0.339 e. The second-order valence-electron chi connectivity index (χ2n) is 4.18. The number of nitrogens with one attached hydrogen (secondary N) is 1. The number of carbonyl (C=O) groups excluding carboxylic acids is 2. The summed E-state index contributed by atoms with van der Waals surface area (Å²) in [6, 6.07) is 4.87. The molecule has 6 nitrogen and oxygen atoms in total. The second kappa shape index (κ2) is 8.74. The Labute approximate surface area is 123 Å². The van der Waals surface area contributed by atoms with E-state index in [4.69, 9.17) is 16.2 Å². The van der Waals surface area contributed by atoms with E-state index in [9.17, 15) is 9.59 Å². The zero-order valence-electron chi connectivity index (χ0n) is 11.9. The van der Waals surface area contributed by atoms with E-state index in [0.717, 1.165) is 0 Å². The highest BCUT2D eigenvalue weighted by atomic mass is 16.5. The SMILES string of the molecule is COC(=O)c1cc(NC(=O)CCN)ccc1C#CCCN. The van der Waals surface area contributed by atoms with E-state index in [-0.39, 0.29) is 18.9 Å². The van der Waals surface area contributed by atoms with Gasteiger partial charge in [-0.2, -0.15) is 0 Å². The summed E-state index contributed by atoms with van der Waals surface area (Å²) in [7, 11) is 1.29. The van der Waals surface area contributed by atoms with Gasteiger partial charge in [0.05, 0.1) is 12.7 Å². The van der Waals surface area contributed by atoms with Gasteiger partial charge in [0, 0.05) is 37.2 Å². The molecule has 0 heterocycles. The highest BCUT2D eigenvalue weighted by molar-refractivity contribution is 5.96. The fourth-order valence-corrected chi connectivity index (χ4v) is 1.59. The molecule has 5 N–H and O–H groups in total. The Bertz CT molecular complexity index is 573. The summed E-state index contributed by atoms with van der Waals surface area (Å²) in [6.07, 6.45) is 0.751. The van der Waals surface area contributed by atoms with E-state index in [1.807, 2.05) is 0 Å². The van der Waals surface area contributed by atoms with Crippen molar-refractivity contribution in [2.45, 2.75) is 12.8 Å². The average Bonchev–Trinajstić information content (AvgIpc) is 2.48. The normalized spacial score (nSPS) is 9.48. The number of ether oxygens (including phenoxy) is 1. The molecule has 1 aromatic rings. The minimum Gasteiger partial charge on any atom is -0.465 e. The molecule has 0 spiro atoms. The molecule has 0 aliphatic carbocycles. The molecule has 0 unspecified atom stereocenters. The lowest BCUT2D eigenvalue weighted by Gasteiger charge is -2.08. The maximum Gasteiger partial charge on any atom is 0.339 e. The summed E-state index contributed by atoms with van der Waals surface area (Å²) in [5.74, 6) is 5.01. The molecule has 0 aliphatic rings. The van der Waals surface area contributed by atoms with Crippen LogP contribution in [0, 0.1) is 11.8 Å². The first kappa shape index (κ1) is 16.7. The van der Waals surface area contributed by atoms with Crippen molar-refractivity contribution in [2.24, 2.45) is 11.5 Å². The minimum atomic E-state index is -0.512. The summed E-state index contributed by atoms with van der Waals surface area (Å²) in [5.41, 5.74) is 12.0. The van der Waals surface area contributed by atoms with Crippen LogP contribution in [0.15, 0.2) is 18.2 Å². The van der Waals surface area contributed by atoms with Gasteiger partial charge in [0.1, 0.15) is 0 Å². The van der Waals surface area contributed by atoms with Gasteiger partial charge in [-0.1, -0.05) is 11.8 Å². The van der Waals surface area contributed by atoms with Crippen LogP contribution in [0.1, 0.15) is 28.8 Å². The number of amides is 1. The molecule has 0 fully saturated rings. The first-order chi connectivity index (χ1) is 10.1. The summed E-state index contributed by atoms with van der Waals surface area (Å²) < 4.78 is 4.73. The van der Waals surface area contributed by atoms with Gasteiger partial charge in [-0.3, -0.25) is 4.79 Å². The Morgan fingerprint density at radius 3 is 2.67 bits per heavy atom. The monoisotopic (exact) mass is 289 g/mol. The number of carbonyl (C=O) groups is 2. The van der Waals surface area contributed by atoms with Crippen LogP contribution in [0.3, 0.4) is 0 Å². The summed E-state index contributed by atoms with van der Waals surface area (Å²) in [5, 5.41) is 2.66. The van der Waals surface area contributed by atoms with Crippen LogP contribution in [0.25, 0.3) is 0 Å². The van der Waals surface area contributed by atoms with Crippen molar-refractivity contribution in [2.75, 3.05) is 25.5 Å². The van der Waals surface area contributed by atoms with Crippen LogP contribution in [0.2, 0.25) is 0 Å². The Kier molecular flexibility index (Phi) is 6.95. The number of hydrogen-bond donors (Lipinski definition) is 3. The third-order valence-electron chi connectivity index (χ3n) is 2.57. The number of esters is 1. The van der Waals surface area contributed by atoms with Gasteiger partial charge in [-0.05, 0) is 18.2 Å². The molecule has 0 aliphatic heterocycles. The third-order valence-corrected chi connectivity index (χ3v) is 2.57. The van der Waals surface area contributed by atoms with Gasteiger partial charge in [-0.25, -0.2) is 4.79 Å². The van der Waals surface area contributed by atoms with Gasteiger partial charge in [-0.15, -0.1) is 0 Å². The fraction of sp³-hybridized carbons (Fsp3) is 0.333. The molecule has 112 valence electrons. The van der Waals surface area contributed by atoms with Crippen LogP contribution in [-0.4, -0.2) is 32.1 Å². The first-order valence-electron chi connectivity index (χ1n) is 6.53. The molecule has 0 saturated heterocycles. The lowest BCUT2D eigenvalue weighted by atomic mass is 10.1. The highest BCUT2D eigenvalue weighted by Gasteiger charge is 2.12. The third kappa shape index (κ3) is 5.26. The van der Waals surface area contributed by atoms with Crippen molar-refractivity contribution >= 4 is 17.6 Å². The van der Waals surface area contributed by atoms with E-state index in [0.29, 0.717) is 29.8 Å². The van der Waals surface area contributed by atoms with Gasteiger partial charge in [0.15, 0.2) is 0 Å². The minimum absolute atomic E-state index is 0.213. The predicted octanol–water partition coefficient (Wildman–Crippen LogP) is 0.461. The van der Waals surface area contributed by atoms with E-state index >= 15 is 0 Å². The number of nitrogens with two attached hydrogens (primary N) is 2. The Balaban J connectivity index is 3.04. The van der Waals surface area contributed by atoms with Gasteiger partial charge in [0.2, 0.25) is 5.91 Å². The average molecular weight is 289 g/mol. The van der Waals surface area contributed by atoms with Crippen LogP contribution in [0.4, 0.5) is 5.69 Å². The number of anilines is 1. The van der Waals surface area contributed by atoms with Crippen molar-refractivity contribution in [3.05, 3.63) is 29.3 Å². The number of methoxy groups -OCH3 is 1. The summed E-state index contributed by atoms with van der Waals surface area (Å²) in [4.78, 5) is 23.3. The molecular weight excluding hydrogens is 270 g/mol. The standard InChI is InChI=1S/C15H19N3O3/c1-21-15(20)13-10-12(18-14(19)7-9-17)6-5-11(13)4-2-3-8-16/h5-6,10H,3,7-9,16-17H2,1H3,(H,18,19). The lowest BCUT2D eigenvalue weighted by molar-refractivity contribution is -0.116. The number of benzene rings is 1. The topological polar surface area (TPSA) is 107 Å². The van der Waals surface area contributed by atoms with Gasteiger partial charge < -0.3 is 21.5 Å². The Hall–Kier alpha value is -2.36. The van der Waals surface area contributed by atoms with Crippen LogP contribution in [-0.2, 0) is 9.53 Å². The molecule has 21 heavy (non-hydrogen) atoms. The number of rotatable bonds is 5. The van der Waals surface area contributed by atoms with Crippen molar-refractivity contribution in [1.82, 2.24) is 0 Å². The molecule has 0 radical (unpaired) electrons. The molecule has 1 amide bonds. The molecule has 1 rings (SSSR count). The number of hydrogen-bond acceptors (Lipinski definition) is 5. The Morgan fingerprint density at radius 1 is 1.29 bits per heavy atom. The molecule has 6 heteroatoms. The van der Waals surface area contributed by atoms with Crippen molar-refractivity contribution in [1.29, 1.82) is 0 Å². The Morgan fingerprint density at radius 2 is 2.05 bits per heavy atom. The van der Waals surface area contributed by atoms with Crippen LogP contribution < -0.4 is 16.8 Å². The van der Waals surface area contributed by atoms with Crippen molar-refractivity contribution in [3.8, 4) is 11.8 Å². The second-order valence-corrected chi connectivity index (χ2v) is 4.18. The molecule has 0 atom stereocenters. The van der Waals surface area contributed by atoms with Crippen molar-refractivity contribution in [3.63, 3.8) is 0 Å². The quantitative estimate of drug-likeness (QED) is 0.539. The maximum absolute atomic E-state index is 11.8. The van der Waals surface area contributed by atoms with E-state index in [2.05, 4.69) is 17.2 Å². The largest absolute Gasteiger partial charge is 0.465 e. The lowest BCUT2D eigenvalue weighted by Crippen LogP contribution is -2.16. The predicted molar refractivity (Wildman–Crippen MR) is 80.6 cm³/mol. The van der Waals surface area contributed by atoms with Crippen molar-refractivity contribution < 1.29 is 14.3 Å². The summed E-state index contributed by atoms with van der Waals surface area (Å²) in [6.45, 7) is 0.714. The zero-order valence-corrected chi connectivity index (χ0v) is 11.9. The van der Waals surface area contributed by atoms with E-state index in [1.54, 1.807) is 12.1 Å². The van der Waals surface area contributed by atoms with E-state index in [1.165, 1.54) is 13.2 Å². The van der Waals surface area contributed by atoms with Gasteiger partial charge >= 0.3 is 5.97 Å². The summed E-state index contributed by atoms with van der Waals surface area (Å²) >= 11 is 0. The molecular formula is C15H19N3O3. The fourth-order valence-electron chi connectivity index (χ4n) is 1.59. The zero-order chi connectivity index (χ0) is 15.7. The van der Waals surface area contributed by atoms with Crippen LogP contribution in [0.5, 0.6) is 0 Å². The van der Waals surface area contributed by atoms with Crippen LogP contribution >= 0.6 is 0 Å². The van der Waals surface area contributed by atoms with E-state index < -0.39 is 5.97 Å². The molecule has 1 aromatic carbocycles.